The maximum absolute atomic E-state index is 13.9. The molecule has 2 rings (SSSR count). The van der Waals surface area contributed by atoms with Crippen LogP contribution in [0.5, 0.6) is 0 Å². The highest BCUT2D eigenvalue weighted by molar-refractivity contribution is 7.99. The molecule has 0 aliphatic heterocycles. The molecule has 4 nitrogen and oxygen atoms in total. The molecule has 0 fully saturated rings. The van der Waals surface area contributed by atoms with Crippen LogP contribution in [-0.4, -0.2) is 21.2 Å². The van der Waals surface area contributed by atoms with E-state index in [2.05, 4.69) is 15.2 Å². The molecule has 18 heavy (non-hydrogen) atoms. The quantitative estimate of drug-likeness (QED) is 0.872. The Morgan fingerprint density at radius 1 is 1.50 bits per heavy atom. The van der Waals surface area contributed by atoms with Gasteiger partial charge in [-0.1, -0.05) is 19.1 Å². The Hall–Kier alpha value is -1.40. The van der Waals surface area contributed by atoms with E-state index in [-0.39, 0.29) is 11.9 Å². The lowest BCUT2D eigenvalue weighted by Gasteiger charge is -2.12. The van der Waals surface area contributed by atoms with Crippen molar-refractivity contribution in [1.29, 1.82) is 0 Å². The molecule has 0 saturated heterocycles. The summed E-state index contributed by atoms with van der Waals surface area (Å²) in [4.78, 5) is 4.56. The van der Waals surface area contributed by atoms with E-state index in [1.54, 1.807) is 6.07 Å². The van der Waals surface area contributed by atoms with Gasteiger partial charge in [0.2, 0.25) is 0 Å². The summed E-state index contributed by atoms with van der Waals surface area (Å²) < 4.78 is 13.9. The molecule has 0 amide bonds. The average Bonchev–Trinajstić information content (AvgIpc) is 2.86. The first-order valence-electron chi connectivity index (χ1n) is 5.77. The lowest BCUT2D eigenvalue weighted by Crippen LogP contribution is -2.21. The molecule has 0 radical (unpaired) electrons. The number of nitrogens with zero attached hydrogens (tertiary/aromatic N) is 2. The van der Waals surface area contributed by atoms with Gasteiger partial charge in [-0.05, 0) is 36.2 Å². The van der Waals surface area contributed by atoms with Gasteiger partial charge in [0, 0.05) is 6.04 Å². The summed E-state index contributed by atoms with van der Waals surface area (Å²) in [5.74, 6) is -0.253. The van der Waals surface area contributed by atoms with Gasteiger partial charge in [-0.15, -0.1) is 0 Å². The number of nitrogens with two attached hydrogens (primary N) is 1. The third-order valence-corrected chi connectivity index (χ3v) is 3.70. The molecule has 0 spiro atoms. The van der Waals surface area contributed by atoms with Crippen LogP contribution < -0.4 is 5.73 Å². The summed E-state index contributed by atoms with van der Waals surface area (Å²) >= 11 is 1.24. The molecule has 0 bridgehead atoms. The maximum Gasteiger partial charge on any atom is 0.188 e. The average molecular weight is 266 g/mol. The summed E-state index contributed by atoms with van der Waals surface area (Å²) in [7, 11) is 0. The first-order chi connectivity index (χ1) is 8.70. The Morgan fingerprint density at radius 2 is 2.33 bits per heavy atom. The van der Waals surface area contributed by atoms with Crippen molar-refractivity contribution in [1.82, 2.24) is 15.2 Å². The fourth-order valence-electron chi connectivity index (χ4n) is 1.60. The van der Waals surface area contributed by atoms with Crippen LogP contribution in [0, 0.1) is 5.82 Å². The predicted octanol–water partition coefficient (Wildman–Crippen LogP) is 2.37. The minimum absolute atomic E-state index is 0.0425. The van der Waals surface area contributed by atoms with Crippen molar-refractivity contribution in [2.24, 2.45) is 5.73 Å². The molecule has 2 aromatic rings. The van der Waals surface area contributed by atoms with Gasteiger partial charge in [0.15, 0.2) is 5.16 Å². The standard InChI is InChI=1S/C12H15FN4S/c1-2-9(14)6-8-4-3-5-10(13)11(8)18-12-15-7-16-17-12/h3-5,7,9H,2,6,14H2,1H3,(H,15,16,17). The molecule has 96 valence electrons. The Balaban J connectivity index is 2.26. The van der Waals surface area contributed by atoms with E-state index in [1.165, 1.54) is 24.2 Å². The smallest absolute Gasteiger partial charge is 0.188 e. The summed E-state index contributed by atoms with van der Waals surface area (Å²) in [6, 6.07) is 5.09. The predicted molar refractivity (Wildman–Crippen MR) is 68.9 cm³/mol. The van der Waals surface area contributed by atoms with E-state index in [0.29, 0.717) is 16.5 Å². The molecule has 3 N–H and O–H groups in total. The van der Waals surface area contributed by atoms with Crippen LogP contribution in [0.25, 0.3) is 0 Å². The number of halogens is 1. The Bertz CT molecular complexity index is 501. The molecule has 1 aromatic carbocycles. The highest BCUT2D eigenvalue weighted by Gasteiger charge is 2.13. The van der Waals surface area contributed by atoms with Crippen LogP contribution in [0.4, 0.5) is 4.39 Å². The van der Waals surface area contributed by atoms with Crippen LogP contribution in [0.2, 0.25) is 0 Å². The Labute approximate surface area is 109 Å². The molecule has 1 atom stereocenters. The van der Waals surface area contributed by atoms with Crippen molar-refractivity contribution in [2.75, 3.05) is 0 Å². The first kappa shape index (κ1) is 13.0. The molecule has 0 aliphatic carbocycles. The van der Waals surface area contributed by atoms with Crippen molar-refractivity contribution in [3.8, 4) is 0 Å². The van der Waals surface area contributed by atoms with Gasteiger partial charge >= 0.3 is 0 Å². The second kappa shape index (κ2) is 5.97. The van der Waals surface area contributed by atoms with Crippen molar-refractivity contribution in [3.05, 3.63) is 35.9 Å². The van der Waals surface area contributed by atoms with Gasteiger partial charge in [0.1, 0.15) is 12.1 Å². The summed E-state index contributed by atoms with van der Waals surface area (Å²) in [5.41, 5.74) is 6.84. The van der Waals surface area contributed by atoms with Crippen molar-refractivity contribution >= 4 is 11.8 Å². The number of aromatic amines is 1. The number of hydrogen-bond acceptors (Lipinski definition) is 4. The second-order valence-corrected chi connectivity index (χ2v) is 4.99. The lowest BCUT2D eigenvalue weighted by molar-refractivity contribution is 0.585. The number of nitrogens with one attached hydrogen (secondary N) is 1. The zero-order valence-corrected chi connectivity index (χ0v) is 10.9. The number of rotatable bonds is 5. The molecule has 1 unspecified atom stereocenters. The van der Waals surface area contributed by atoms with Crippen LogP contribution in [0.15, 0.2) is 34.6 Å². The second-order valence-electron chi connectivity index (χ2n) is 3.99. The van der Waals surface area contributed by atoms with Gasteiger partial charge in [-0.25, -0.2) is 9.37 Å². The zero-order chi connectivity index (χ0) is 13.0. The van der Waals surface area contributed by atoms with Gasteiger partial charge in [0.25, 0.3) is 0 Å². The molecule has 1 heterocycles. The van der Waals surface area contributed by atoms with E-state index < -0.39 is 0 Å². The van der Waals surface area contributed by atoms with Gasteiger partial charge in [0.05, 0.1) is 4.90 Å². The van der Waals surface area contributed by atoms with E-state index in [1.807, 2.05) is 13.0 Å². The minimum atomic E-state index is -0.253. The molecule has 0 aliphatic rings. The largest absolute Gasteiger partial charge is 0.327 e. The van der Waals surface area contributed by atoms with Crippen LogP contribution in [-0.2, 0) is 6.42 Å². The molecule has 1 aromatic heterocycles. The van der Waals surface area contributed by atoms with Crippen molar-refractivity contribution in [2.45, 2.75) is 35.9 Å². The van der Waals surface area contributed by atoms with Crippen LogP contribution in [0.1, 0.15) is 18.9 Å². The monoisotopic (exact) mass is 266 g/mol. The zero-order valence-electron chi connectivity index (χ0n) is 10.1. The lowest BCUT2D eigenvalue weighted by atomic mass is 10.0. The third-order valence-electron chi connectivity index (χ3n) is 2.65. The molecule has 6 heteroatoms. The first-order valence-corrected chi connectivity index (χ1v) is 6.58. The molecule has 0 saturated carbocycles. The number of H-pyrrole nitrogens is 1. The van der Waals surface area contributed by atoms with E-state index in [4.69, 9.17) is 5.73 Å². The van der Waals surface area contributed by atoms with Gasteiger partial charge < -0.3 is 5.73 Å². The number of benzene rings is 1. The molecular formula is C12H15FN4S. The third kappa shape index (κ3) is 3.08. The Kier molecular flexibility index (Phi) is 4.33. The van der Waals surface area contributed by atoms with Gasteiger partial charge in [-0.2, -0.15) is 5.10 Å². The number of hydrogen-bond donors (Lipinski definition) is 2. The number of aromatic nitrogens is 3. The van der Waals surface area contributed by atoms with Gasteiger partial charge in [-0.3, -0.25) is 5.10 Å². The summed E-state index contributed by atoms with van der Waals surface area (Å²) in [6.07, 6.45) is 2.92. The normalized spacial score (nSPS) is 12.6. The van der Waals surface area contributed by atoms with E-state index >= 15 is 0 Å². The maximum atomic E-state index is 13.9. The highest BCUT2D eigenvalue weighted by Crippen LogP contribution is 2.31. The summed E-state index contributed by atoms with van der Waals surface area (Å²) in [5, 5.41) is 7.04. The Morgan fingerprint density at radius 3 is 3.00 bits per heavy atom. The highest BCUT2D eigenvalue weighted by atomic mass is 32.2. The van der Waals surface area contributed by atoms with Crippen LogP contribution >= 0.6 is 11.8 Å². The molecular weight excluding hydrogens is 251 g/mol. The van der Waals surface area contributed by atoms with Crippen molar-refractivity contribution < 1.29 is 4.39 Å². The van der Waals surface area contributed by atoms with E-state index in [0.717, 1.165) is 12.0 Å². The van der Waals surface area contributed by atoms with E-state index in [9.17, 15) is 4.39 Å². The fourth-order valence-corrected chi connectivity index (χ4v) is 2.44. The van der Waals surface area contributed by atoms with Crippen LogP contribution in [0.3, 0.4) is 0 Å². The summed E-state index contributed by atoms with van der Waals surface area (Å²) in [6.45, 7) is 2.02. The minimum Gasteiger partial charge on any atom is -0.327 e. The topological polar surface area (TPSA) is 67.6 Å². The SMILES string of the molecule is CCC(N)Cc1cccc(F)c1Sc1ncn[nH]1. The fraction of sp³-hybridized carbons (Fsp3) is 0.333. The van der Waals surface area contributed by atoms with Crippen molar-refractivity contribution in [3.63, 3.8) is 0 Å².